The van der Waals surface area contributed by atoms with E-state index in [1.807, 2.05) is 55.4 Å². The van der Waals surface area contributed by atoms with Gasteiger partial charge in [0, 0.05) is 69.1 Å². The Bertz CT molecular complexity index is 1040. The number of pyridine rings is 1. The molecule has 1 saturated heterocycles. The summed E-state index contributed by atoms with van der Waals surface area (Å²) in [7, 11) is 1.91. The molecule has 4 aromatic heterocycles. The van der Waals surface area contributed by atoms with Crippen LogP contribution in [-0.4, -0.2) is 42.2 Å². The lowest BCUT2D eigenvalue weighted by Gasteiger charge is -2.27. The molecule has 0 radical (unpaired) electrons. The van der Waals surface area contributed by atoms with Crippen LogP contribution < -0.4 is 10.2 Å². The number of rotatable bonds is 3. The second-order valence-corrected chi connectivity index (χ2v) is 7.20. The maximum Gasteiger partial charge on any atom is 0.180 e. The molecular formula is C21H26N8. The predicted octanol–water partition coefficient (Wildman–Crippen LogP) is 3.59. The first-order chi connectivity index (χ1) is 14.2. The summed E-state index contributed by atoms with van der Waals surface area (Å²) in [6.45, 7) is 4.20. The average Bonchev–Trinajstić information content (AvgIpc) is 3.38. The highest BCUT2D eigenvalue weighted by atomic mass is 15.2. The van der Waals surface area contributed by atoms with E-state index in [-0.39, 0.29) is 0 Å². The number of piperidine rings is 1. The molecule has 0 amide bonds. The first kappa shape index (κ1) is 18.9. The molecule has 5 heterocycles. The van der Waals surface area contributed by atoms with Crippen LogP contribution in [0.15, 0.2) is 55.5 Å². The van der Waals surface area contributed by atoms with Gasteiger partial charge in [-0.05, 0) is 37.8 Å². The summed E-state index contributed by atoms with van der Waals surface area (Å²) in [5, 5.41) is 7.28. The molecule has 150 valence electrons. The Hall–Kier alpha value is -3.42. The van der Waals surface area contributed by atoms with E-state index >= 15 is 0 Å². The first-order valence-corrected chi connectivity index (χ1v) is 9.90. The fourth-order valence-electron chi connectivity index (χ4n) is 3.41. The number of hydrogen-bond acceptors (Lipinski definition) is 6. The van der Waals surface area contributed by atoms with Crippen molar-refractivity contribution in [3.63, 3.8) is 0 Å². The molecule has 0 aliphatic carbocycles. The fourth-order valence-corrected chi connectivity index (χ4v) is 3.41. The van der Waals surface area contributed by atoms with Crippen molar-refractivity contribution in [1.82, 2.24) is 29.1 Å². The topological polar surface area (TPSA) is 76.2 Å². The van der Waals surface area contributed by atoms with Crippen molar-refractivity contribution in [3.8, 4) is 0 Å². The van der Waals surface area contributed by atoms with Crippen LogP contribution >= 0.6 is 0 Å². The molecule has 0 unspecified atom stereocenters. The molecule has 5 rings (SSSR count). The Morgan fingerprint density at radius 1 is 0.966 bits per heavy atom. The SMILES string of the molecule is Cc1cnn(C)c1.c1cc(Nc2nccn3ccnc23)cc(N2CCCCC2)n1. The zero-order valence-electron chi connectivity index (χ0n) is 16.9. The molecule has 0 aromatic carbocycles. The quantitative estimate of drug-likeness (QED) is 0.576. The predicted molar refractivity (Wildman–Crippen MR) is 115 cm³/mol. The summed E-state index contributed by atoms with van der Waals surface area (Å²) in [4.78, 5) is 15.6. The molecule has 0 bridgehead atoms. The lowest BCUT2D eigenvalue weighted by molar-refractivity contribution is 0.573. The van der Waals surface area contributed by atoms with Crippen LogP contribution in [0.25, 0.3) is 5.65 Å². The normalized spacial score (nSPS) is 13.8. The Labute approximate surface area is 170 Å². The zero-order valence-corrected chi connectivity index (χ0v) is 16.9. The van der Waals surface area contributed by atoms with E-state index in [1.165, 1.54) is 24.8 Å². The molecule has 1 aliphatic heterocycles. The lowest BCUT2D eigenvalue weighted by Crippen LogP contribution is -2.30. The van der Waals surface area contributed by atoms with E-state index in [9.17, 15) is 0 Å². The molecule has 8 nitrogen and oxygen atoms in total. The highest BCUT2D eigenvalue weighted by Gasteiger charge is 2.13. The Balaban J connectivity index is 0.000000249. The third kappa shape index (κ3) is 4.71. The molecule has 8 heteroatoms. The highest BCUT2D eigenvalue weighted by Crippen LogP contribution is 2.23. The summed E-state index contributed by atoms with van der Waals surface area (Å²) in [6.07, 6.45) is 16.8. The molecule has 0 spiro atoms. The van der Waals surface area contributed by atoms with Gasteiger partial charge in [-0.3, -0.25) is 4.68 Å². The monoisotopic (exact) mass is 390 g/mol. The zero-order chi connectivity index (χ0) is 20.1. The van der Waals surface area contributed by atoms with Gasteiger partial charge < -0.3 is 14.6 Å². The van der Waals surface area contributed by atoms with Crippen molar-refractivity contribution in [2.45, 2.75) is 26.2 Å². The molecule has 1 fully saturated rings. The molecule has 0 saturated carbocycles. The number of aromatic nitrogens is 6. The standard InChI is InChI=1S/C16H18N6.C5H8N2/c1-2-8-21(9-3-1)14-12-13(4-5-17-14)20-15-16-19-7-11-22(16)10-6-18-15;1-5-3-6-7(2)4-5/h4-7,10-12H,1-3,8-9H2,(H,17,18,20);3-4H,1-2H3. The third-order valence-electron chi connectivity index (χ3n) is 4.83. The van der Waals surface area contributed by atoms with E-state index in [2.05, 4.69) is 36.3 Å². The van der Waals surface area contributed by atoms with Gasteiger partial charge in [0.1, 0.15) is 5.82 Å². The minimum atomic E-state index is 0.753. The van der Waals surface area contributed by atoms with Gasteiger partial charge in [-0.2, -0.15) is 5.10 Å². The Kier molecular flexibility index (Phi) is 5.69. The largest absolute Gasteiger partial charge is 0.357 e. The number of anilines is 3. The summed E-state index contributed by atoms with van der Waals surface area (Å²) >= 11 is 0. The van der Waals surface area contributed by atoms with Crippen LogP contribution in [-0.2, 0) is 7.05 Å². The second kappa shape index (κ2) is 8.72. The minimum absolute atomic E-state index is 0.753. The highest BCUT2D eigenvalue weighted by molar-refractivity contribution is 5.70. The fraction of sp³-hybridized carbons (Fsp3) is 0.333. The number of hydrogen-bond donors (Lipinski definition) is 1. The maximum absolute atomic E-state index is 4.50. The summed E-state index contributed by atoms with van der Waals surface area (Å²) < 4.78 is 3.73. The van der Waals surface area contributed by atoms with Gasteiger partial charge in [0.25, 0.3) is 0 Å². The van der Waals surface area contributed by atoms with Gasteiger partial charge in [0.05, 0.1) is 6.20 Å². The van der Waals surface area contributed by atoms with Gasteiger partial charge >= 0.3 is 0 Å². The first-order valence-electron chi connectivity index (χ1n) is 9.90. The van der Waals surface area contributed by atoms with E-state index in [0.717, 1.165) is 36.1 Å². The van der Waals surface area contributed by atoms with Crippen LogP contribution in [0.5, 0.6) is 0 Å². The van der Waals surface area contributed by atoms with E-state index in [0.29, 0.717) is 0 Å². The molecule has 1 N–H and O–H groups in total. The van der Waals surface area contributed by atoms with Crippen molar-refractivity contribution in [3.05, 3.63) is 61.1 Å². The molecule has 4 aromatic rings. The summed E-state index contributed by atoms with van der Waals surface area (Å²) in [6, 6.07) is 4.04. The second-order valence-electron chi connectivity index (χ2n) is 7.20. The number of imidazole rings is 1. The van der Waals surface area contributed by atoms with Crippen molar-refractivity contribution in [2.24, 2.45) is 7.05 Å². The van der Waals surface area contributed by atoms with Crippen LogP contribution in [0.3, 0.4) is 0 Å². The number of aryl methyl sites for hydroxylation is 2. The van der Waals surface area contributed by atoms with Crippen molar-refractivity contribution >= 4 is 23.0 Å². The Morgan fingerprint density at radius 2 is 1.76 bits per heavy atom. The van der Waals surface area contributed by atoms with Gasteiger partial charge in [0.2, 0.25) is 0 Å². The number of nitrogens with one attached hydrogen (secondary N) is 1. The van der Waals surface area contributed by atoms with E-state index < -0.39 is 0 Å². The van der Waals surface area contributed by atoms with Gasteiger partial charge in [-0.1, -0.05) is 0 Å². The minimum Gasteiger partial charge on any atom is -0.357 e. The third-order valence-corrected chi connectivity index (χ3v) is 4.83. The van der Waals surface area contributed by atoms with Crippen molar-refractivity contribution < 1.29 is 0 Å². The number of fused-ring (bicyclic) bond motifs is 1. The van der Waals surface area contributed by atoms with Crippen molar-refractivity contribution in [2.75, 3.05) is 23.3 Å². The van der Waals surface area contributed by atoms with Crippen LogP contribution in [0.1, 0.15) is 24.8 Å². The van der Waals surface area contributed by atoms with Gasteiger partial charge in [0.15, 0.2) is 11.5 Å². The van der Waals surface area contributed by atoms with E-state index in [4.69, 9.17) is 0 Å². The lowest BCUT2D eigenvalue weighted by atomic mass is 10.1. The van der Waals surface area contributed by atoms with Crippen LogP contribution in [0.4, 0.5) is 17.3 Å². The maximum atomic E-state index is 4.50. The Morgan fingerprint density at radius 3 is 2.45 bits per heavy atom. The van der Waals surface area contributed by atoms with E-state index in [1.54, 1.807) is 17.1 Å². The van der Waals surface area contributed by atoms with Gasteiger partial charge in [-0.25, -0.2) is 15.0 Å². The molecule has 0 atom stereocenters. The van der Waals surface area contributed by atoms with Gasteiger partial charge in [-0.15, -0.1) is 0 Å². The molecule has 29 heavy (non-hydrogen) atoms. The smallest absolute Gasteiger partial charge is 0.180 e. The van der Waals surface area contributed by atoms with Crippen LogP contribution in [0, 0.1) is 6.92 Å². The summed E-state index contributed by atoms with van der Waals surface area (Å²) in [5.74, 6) is 1.78. The molecular weight excluding hydrogens is 364 g/mol. The summed E-state index contributed by atoms with van der Waals surface area (Å²) in [5.41, 5.74) is 3.01. The van der Waals surface area contributed by atoms with Crippen LogP contribution in [0.2, 0.25) is 0 Å². The number of nitrogens with zero attached hydrogens (tertiary/aromatic N) is 7. The average molecular weight is 390 g/mol. The molecule has 1 aliphatic rings. The van der Waals surface area contributed by atoms with Crippen molar-refractivity contribution in [1.29, 1.82) is 0 Å².